The van der Waals surface area contributed by atoms with Crippen LogP contribution >= 0.6 is 0 Å². The van der Waals surface area contributed by atoms with Gasteiger partial charge >= 0.3 is 0 Å². The van der Waals surface area contributed by atoms with Crippen molar-refractivity contribution in [2.45, 2.75) is 37.0 Å². The summed E-state index contributed by atoms with van der Waals surface area (Å²) in [5.41, 5.74) is 1.37. The molecule has 1 aromatic heterocycles. The summed E-state index contributed by atoms with van der Waals surface area (Å²) in [5, 5.41) is 3.86. The third-order valence-electron chi connectivity index (χ3n) is 4.61. The van der Waals surface area contributed by atoms with Gasteiger partial charge in [-0.15, -0.1) is 0 Å². The highest BCUT2D eigenvalue weighted by Crippen LogP contribution is 2.44. The first kappa shape index (κ1) is 17.3. The predicted octanol–water partition coefficient (Wildman–Crippen LogP) is 2.20. The molecule has 1 saturated heterocycles. The molecule has 4 rings (SSSR count). The van der Waals surface area contributed by atoms with Crippen molar-refractivity contribution in [1.82, 2.24) is 5.16 Å². The summed E-state index contributed by atoms with van der Waals surface area (Å²) in [6, 6.07) is 5.84. The van der Waals surface area contributed by atoms with Gasteiger partial charge in [0.2, 0.25) is 10.0 Å². The van der Waals surface area contributed by atoms with Gasteiger partial charge in [0.25, 0.3) is 10.0 Å². The number of nitrogens with one attached hydrogen (secondary N) is 1. The topological polar surface area (TPSA) is 110 Å². The molecule has 2 aliphatic rings. The van der Waals surface area contributed by atoms with Crippen LogP contribution in [0, 0.1) is 6.92 Å². The van der Waals surface area contributed by atoms with Crippen molar-refractivity contribution >= 4 is 31.4 Å². The molecule has 0 spiro atoms. The zero-order valence-corrected chi connectivity index (χ0v) is 15.8. The molecule has 1 aliphatic carbocycles. The highest BCUT2D eigenvalue weighted by Gasteiger charge is 2.33. The minimum Gasteiger partial charge on any atom is -0.359 e. The second-order valence-electron chi connectivity index (χ2n) is 6.62. The first-order chi connectivity index (χ1) is 12.3. The number of hydrogen-bond donors (Lipinski definition) is 1. The van der Waals surface area contributed by atoms with E-state index in [4.69, 9.17) is 4.52 Å². The van der Waals surface area contributed by atoms with Crippen molar-refractivity contribution in [2.24, 2.45) is 0 Å². The fourth-order valence-corrected chi connectivity index (χ4v) is 5.74. The highest BCUT2D eigenvalue weighted by molar-refractivity contribution is 7.93. The van der Waals surface area contributed by atoms with Gasteiger partial charge in [-0.2, -0.15) is 0 Å². The van der Waals surface area contributed by atoms with E-state index in [1.54, 1.807) is 6.92 Å². The number of aromatic nitrogens is 1. The smallest absolute Gasteiger partial charge is 0.262 e. The molecule has 2 aromatic rings. The Morgan fingerprint density at radius 2 is 1.92 bits per heavy atom. The Kier molecular flexibility index (Phi) is 3.99. The normalized spacial score (nSPS) is 19.7. The van der Waals surface area contributed by atoms with Crippen LogP contribution in [0.1, 0.15) is 36.6 Å². The van der Waals surface area contributed by atoms with Crippen LogP contribution in [0.3, 0.4) is 0 Å². The third kappa shape index (κ3) is 3.07. The summed E-state index contributed by atoms with van der Waals surface area (Å²) < 4.78 is 58.5. The Bertz CT molecular complexity index is 1040. The predicted molar refractivity (Wildman–Crippen MR) is 96.2 cm³/mol. The summed E-state index contributed by atoms with van der Waals surface area (Å²) in [6.07, 6.45) is 2.49. The van der Waals surface area contributed by atoms with E-state index < -0.39 is 20.0 Å². The zero-order valence-electron chi connectivity index (χ0n) is 14.2. The molecule has 10 heteroatoms. The number of rotatable bonds is 5. The Morgan fingerprint density at radius 1 is 1.23 bits per heavy atom. The van der Waals surface area contributed by atoms with Crippen LogP contribution in [0.15, 0.2) is 33.7 Å². The number of aryl methyl sites for hydroxylation is 1. The maximum Gasteiger partial charge on any atom is 0.262 e. The standard InChI is InChI=1S/C16H19N3O5S2/c1-11-15(16(24-17-11)12-3-4-12)18-26(22,23)14-7-5-13(6-8-14)19-9-2-10-25(19,20)21/h5-8,12,18H,2-4,9-10H2,1H3. The van der Waals surface area contributed by atoms with E-state index in [-0.39, 0.29) is 16.6 Å². The van der Waals surface area contributed by atoms with Gasteiger partial charge in [-0.25, -0.2) is 16.8 Å². The number of benzene rings is 1. The molecule has 1 aromatic carbocycles. The molecule has 8 nitrogen and oxygen atoms in total. The van der Waals surface area contributed by atoms with E-state index >= 15 is 0 Å². The molecule has 0 bridgehead atoms. The van der Waals surface area contributed by atoms with E-state index in [1.165, 1.54) is 28.6 Å². The van der Waals surface area contributed by atoms with Crippen molar-refractivity contribution < 1.29 is 21.4 Å². The van der Waals surface area contributed by atoms with Crippen LogP contribution in [0.25, 0.3) is 0 Å². The fourth-order valence-electron chi connectivity index (χ4n) is 3.05. The van der Waals surface area contributed by atoms with E-state index in [1.807, 2.05) is 0 Å². The average molecular weight is 397 g/mol. The minimum atomic E-state index is -3.82. The summed E-state index contributed by atoms with van der Waals surface area (Å²) >= 11 is 0. The quantitative estimate of drug-likeness (QED) is 0.828. The SMILES string of the molecule is Cc1noc(C2CC2)c1NS(=O)(=O)c1ccc(N2CCCS2(=O)=O)cc1. The number of hydrogen-bond acceptors (Lipinski definition) is 6. The Hall–Kier alpha value is -2.07. The molecule has 2 fully saturated rings. The van der Waals surface area contributed by atoms with Crippen LogP contribution in [0.5, 0.6) is 0 Å². The van der Waals surface area contributed by atoms with Gasteiger partial charge in [0.15, 0.2) is 5.76 Å². The number of nitrogens with zero attached hydrogens (tertiary/aromatic N) is 2. The molecule has 0 amide bonds. The maximum absolute atomic E-state index is 12.7. The largest absolute Gasteiger partial charge is 0.359 e. The molecule has 0 unspecified atom stereocenters. The molecule has 2 heterocycles. The monoisotopic (exact) mass is 397 g/mol. The van der Waals surface area contributed by atoms with Crippen molar-refractivity contribution in [3.63, 3.8) is 0 Å². The van der Waals surface area contributed by atoms with Crippen LogP contribution < -0.4 is 9.03 Å². The van der Waals surface area contributed by atoms with Gasteiger partial charge in [-0.1, -0.05) is 5.16 Å². The lowest BCUT2D eigenvalue weighted by atomic mass is 10.2. The molecule has 1 aliphatic heterocycles. The zero-order chi connectivity index (χ0) is 18.5. The maximum atomic E-state index is 12.7. The second kappa shape index (κ2) is 5.98. The number of sulfonamides is 2. The summed E-state index contributed by atoms with van der Waals surface area (Å²) in [4.78, 5) is 0.0557. The lowest BCUT2D eigenvalue weighted by Crippen LogP contribution is -2.25. The van der Waals surface area contributed by atoms with E-state index in [0.717, 1.165) is 12.8 Å². The van der Waals surface area contributed by atoms with E-state index in [0.29, 0.717) is 35.8 Å². The molecule has 140 valence electrons. The molecular weight excluding hydrogens is 378 g/mol. The van der Waals surface area contributed by atoms with Crippen LogP contribution in [0.2, 0.25) is 0 Å². The number of anilines is 2. The second-order valence-corrected chi connectivity index (χ2v) is 10.3. The van der Waals surface area contributed by atoms with Crippen molar-refractivity contribution in [1.29, 1.82) is 0 Å². The fraction of sp³-hybridized carbons (Fsp3) is 0.438. The Morgan fingerprint density at radius 3 is 2.50 bits per heavy atom. The van der Waals surface area contributed by atoms with Gasteiger partial charge in [-0.05, 0) is 50.5 Å². The molecule has 1 N–H and O–H groups in total. The van der Waals surface area contributed by atoms with Gasteiger partial charge in [0.05, 0.1) is 16.3 Å². The van der Waals surface area contributed by atoms with E-state index in [2.05, 4.69) is 9.88 Å². The molecule has 0 radical (unpaired) electrons. The first-order valence-corrected chi connectivity index (χ1v) is 11.5. The lowest BCUT2D eigenvalue weighted by molar-refractivity contribution is 0.381. The van der Waals surface area contributed by atoms with Gasteiger partial charge in [-0.3, -0.25) is 9.03 Å². The highest BCUT2D eigenvalue weighted by atomic mass is 32.2. The minimum absolute atomic E-state index is 0.0557. The molecule has 1 saturated carbocycles. The summed E-state index contributed by atoms with van der Waals surface area (Å²) in [7, 11) is -7.12. The lowest BCUT2D eigenvalue weighted by Gasteiger charge is -2.17. The van der Waals surface area contributed by atoms with Gasteiger partial charge < -0.3 is 4.52 Å². The molecule has 26 heavy (non-hydrogen) atoms. The molecule has 0 atom stereocenters. The van der Waals surface area contributed by atoms with Crippen LogP contribution in [-0.2, 0) is 20.0 Å². The van der Waals surface area contributed by atoms with Gasteiger partial charge in [0, 0.05) is 12.5 Å². The Balaban J connectivity index is 1.60. The molecular formula is C16H19N3O5S2. The van der Waals surface area contributed by atoms with Crippen molar-refractivity contribution in [3.8, 4) is 0 Å². The van der Waals surface area contributed by atoms with Crippen LogP contribution in [-0.4, -0.2) is 34.3 Å². The summed E-state index contributed by atoms with van der Waals surface area (Å²) in [6.45, 7) is 2.10. The first-order valence-electron chi connectivity index (χ1n) is 8.37. The van der Waals surface area contributed by atoms with Crippen molar-refractivity contribution in [2.75, 3.05) is 21.3 Å². The van der Waals surface area contributed by atoms with Gasteiger partial charge in [0.1, 0.15) is 11.4 Å². The van der Waals surface area contributed by atoms with E-state index in [9.17, 15) is 16.8 Å². The third-order valence-corrected chi connectivity index (χ3v) is 7.84. The summed E-state index contributed by atoms with van der Waals surface area (Å²) in [5.74, 6) is 0.910. The Labute approximate surface area is 152 Å². The van der Waals surface area contributed by atoms with Crippen molar-refractivity contribution in [3.05, 3.63) is 35.7 Å². The average Bonchev–Trinajstić information content (AvgIpc) is 3.28. The van der Waals surface area contributed by atoms with Crippen LogP contribution in [0.4, 0.5) is 11.4 Å².